The highest BCUT2D eigenvalue weighted by Crippen LogP contribution is 2.29. The standard InChI is InChI=1S/C18H13Cl3N2O2S/c1-10(25-16-7-6-13(20)8-14(16)21)17(24)23-18-22-15(9-26-18)11-2-4-12(19)5-3-11/h2-10H,1H3,(H,22,23,24)/t10-/m0/s1. The van der Waals surface area contributed by atoms with Gasteiger partial charge in [0.15, 0.2) is 11.2 Å². The monoisotopic (exact) mass is 426 g/mol. The Morgan fingerprint density at radius 2 is 1.81 bits per heavy atom. The summed E-state index contributed by atoms with van der Waals surface area (Å²) in [5, 5.41) is 6.59. The highest BCUT2D eigenvalue weighted by Gasteiger charge is 2.18. The fourth-order valence-corrected chi connectivity index (χ4v) is 3.41. The maximum atomic E-state index is 12.3. The van der Waals surface area contributed by atoms with Crippen LogP contribution in [-0.4, -0.2) is 17.0 Å². The zero-order valence-corrected chi connectivity index (χ0v) is 16.6. The van der Waals surface area contributed by atoms with Gasteiger partial charge in [0.05, 0.1) is 10.7 Å². The van der Waals surface area contributed by atoms with E-state index in [0.29, 0.717) is 25.9 Å². The molecule has 0 unspecified atom stereocenters. The highest BCUT2D eigenvalue weighted by molar-refractivity contribution is 7.14. The zero-order chi connectivity index (χ0) is 18.7. The van der Waals surface area contributed by atoms with Gasteiger partial charge in [-0.15, -0.1) is 11.3 Å². The largest absolute Gasteiger partial charge is 0.479 e. The molecule has 4 nitrogen and oxygen atoms in total. The van der Waals surface area contributed by atoms with Gasteiger partial charge in [-0.05, 0) is 37.3 Å². The van der Waals surface area contributed by atoms with Crippen molar-refractivity contribution in [2.24, 2.45) is 0 Å². The molecule has 0 bridgehead atoms. The van der Waals surface area contributed by atoms with Crippen molar-refractivity contribution in [2.75, 3.05) is 5.32 Å². The number of amides is 1. The number of rotatable bonds is 5. The lowest BCUT2D eigenvalue weighted by molar-refractivity contribution is -0.122. The molecule has 0 fully saturated rings. The number of hydrogen-bond acceptors (Lipinski definition) is 4. The van der Waals surface area contributed by atoms with Crippen molar-refractivity contribution in [3.8, 4) is 17.0 Å². The summed E-state index contributed by atoms with van der Waals surface area (Å²) in [7, 11) is 0. The van der Waals surface area contributed by atoms with E-state index in [9.17, 15) is 4.79 Å². The number of benzene rings is 2. The van der Waals surface area contributed by atoms with Gasteiger partial charge in [0.2, 0.25) is 0 Å². The number of ether oxygens (including phenoxy) is 1. The van der Waals surface area contributed by atoms with E-state index >= 15 is 0 Å². The van der Waals surface area contributed by atoms with Crippen LogP contribution in [0.5, 0.6) is 5.75 Å². The Kier molecular flexibility index (Phi) is 6.04. The van der Waals surface area contributed by atoms with Crippen molar-refractivity contribution in [2.45, 2.75) is 13.0 Å². The van der Waals surface area contributed by atoms with Crippen molar-refractivity contribution in [3.05, 3.63) is 62.9 Å². The van der Waals surface area contributed by atoms with Crippen molar-refractivity contribution in [1.82, 2.24) is 4.98 Å². The second-order valence-corrected chi connectivity index (χ2v) is 7.51. The molecular weight excluding hydrogens is 415 g/mol. The van der Waals surface area contributed by atoms with Crippen molar-refractivity contribution >= 4 is 57.2 Å². The molecule has 1 heterocycles. The van der Waals surface area contributed by atoms with Gasteiger partial charge in [-0.3, -0.25) is 10.1 Å². The van der Waals surface area contributed by atoms with Gasteiger partial charge in [-0.1, -0.05) is 46.9 Å². The third-order valence-corrected chi connectivity index (χ3v) is 4.98. The van der Waals surface area contributed by atoms with Gasteiger partial charge < -0.3 is 4.74 Å². The first-order chi connectivity index (χ1) is 12.4. The molecule has 3 aromatic rings. The van der Waals surface area contributed by atoms with Crippen LogP contribution in [0.25, 0.3) is 11.3 Å². The summed E-state index contributed by atoms with van der Waals surface area (Å²) in [5.41, 5.74) is 1.68. The average Bonchev–Trinajstić information content (AvgIpc) is 3.06. The first kappa shape index (κ1) is 19.0. The first-order valence-electron chi connectivity index (χ1n) is 7.56. The lowest BCUT2D eigenvalue weighted by Gasteiger charge is -2.14. The number of carbonyl (C=O) groups is 1. The molecule has 3 rings (SSSR count). The van der Waals surface area contributed by atoms with Gasteiger partial charge in [0, 0.05) is 21.0 Å². The van der Waals surface area contributed by atoms with Gasteiger partial charge in [-0.25, -0.2) is 4.98 Å². The van der Waals surface area contributed by atoms with Crippen LogP contribution in [0.15, 0.2) is 47.8 Å². The Morgan fingerprint density at radius 3 is 2.50 bits per heavy atom. The SMILES string of the molecule is C[C@H](Oc1ccc(Cl)cc1Cl)C(=O)Nc1nc(-c2ccc(Cl)cc2)cs1. The Labute approximate surface area is 169 Å². The van der Waals surface area contributed by atoms with Crippen LogP contribution in [0, 0.1) is 0 Å². The van der Waals surface area contributed by atoms with Gasteiger partial charge in [0.1, 0.15) is 5.75 Å². The third-order valence-electron chi connectivity index (χ3n) is 3.44. The van der Waals surface area contributed by atoms with E-state index in [4.69, 9.17) is 39.5 Å². The molecule has 8 heteroatoms. The van der Waals surface area contributed by atoms with E-state index in [2.05, 4.69) is 10.3 Å². The second kappa shape index (κ2) is 8.27. The molecule has 0 radical (unpaired) electrons. The Balaban J connectivity index is 1.65. The predicted molar refractivity (Wildman–Crippen MR) is 108 cm³/mol. The topological polar surface area (TPSA) is 51.2 Å². The number of anilines is 1. The number of thiazole rings is 1. The van der Waals surface area contributed by atoms with Gasteiger partial charge in [0.25, 0.3) is 5.91 Å². The van der Waals surface area contributed by atoms with E-state index in [1.807, 2.05) is 17.5 Å². The summed E-state index contributed by atoms with van der Waals surface area (Å²) in [6.45, 7) is 1.63. The van der Waals surface area contributed by atoms with Crippen LogP contribution in [0.3, 0.4) is 0 Å². The highest BCUT2D eigenvalue weighted by atomic mass is 35.5. The molecule has 134 valence electrons. The fraction of sp³-hybridized carbons (Fsp3) is 0.111. The molecule has 26 heavy (non-hydrogen) atoms. The maximum absolute atomic E-state index is 12.3. The smallest absolute Gasteiger partial charge is 0.266 e. The Bertz CT molecular complexity index is 928. The molecule has 0 spiro atoms. The van der Waals surface area contributed by atoms with E-state index in [0.717, 1.165) is 11.3 Å². The van der Waals surface area contributed by atoms with Crippen molar-refractivity contribution < 1.29 is 9.53 Å². The summed E-state index contributed by atoms with van der Waals surface area (Å²) in [5.74, 6) is 0.0627. The van der Waals surface area contributed by atoms with Crippen molar-refractivity contribution in [3.63, 3.8) is 0 Å². The molecule has 0 aliphatic carbocycles. The average molecular weight is 428 g/mol. The minimum Gasteiger partial charge on any atom is -0.479 e. The summed E-state index contributed by atoms with van der Waals surface area (Å²) in [6.07, 6.45) is -0.753. The minimum atomic E-state index is -0.753. The molecule has 1 amide bonds. The van der Waals surface area contributed by atoms with E-state index in [1.165, 1.54) is 11.3 Å². The summed E-state index contributed by atoms with van der Waals surface area (Å²) >= 11 is 19.1. The van der Waals surface area contributed by atoms with E-state index in [-0.39, 0.29) is 5.91 Å². The molecule has 0 aliphatic heterocycles. The molecule has 0 saturated heterocycles. The van der Waals surface area contributed by atoms with Crippen LogP contribution in [0.2, 0.25) is 15.1 Å². The number of nitrogens with zero attached hydrogens (tertiary/aromatic N) is 1. The number of hydrogen-bond donors (Lipinski definition) is 1. The van der Waals surface area contributed by atoms with E-state index in [1.54, 1.807) is 37.3 Å². The zero-order valence-electron chi connectivity index (χ0n) is 13.5. The summed E-state index contributed by atoms with van der Waals surface area (Å²) in [4.78, 5) is 16.7. The summed E-state index contributed by atoms with van der Waals surface area (Å²) in [6, 6.07) is 12.2. The second-order valence-electron chi connectivity index (χ2n) is 5.37. The van der Waals surface area contributed by atoms with Crippen molar-refractivity contribution in [1.29, 1.82) is 0 Å². The van der Waals surface area contributed by atoms with Crippen LogP contribution in [-0.2, 0) is 4.79 Å². The fourth-order valence-electron chi connectivity index (χ4n) is 2.11. The van der Waals surface area contributed by atoms with Crippen LogP contribution in [0.1, 0.15) is 6.92 Å². The third kappa shape index (κ3) is 4.68. The molecule has 2 aromatic carbocycles. The number of halogens is 3. The summed E-state index contributed by atoms with van der Waals surface area (Å²) < 4.78 is 5.60. The number of nitrogens with one attached hydrogen (secondary N) is 1. The minimum absolute atomic E-state index is 0.326. The Morgan fingerprint density at radius 1 is 1.12 bits per heavy atom. The molecule has 1 aromatic heterocycles. The normalized spacial score (nSPS) is 11.8. The molecule has 1 atom stereocenters. The first-order valence-corrected chi connectivity index (χ1v) is 9.58. The van der Waals surface area contributed by atoms with Crippen LogP contribution in [0.4, 0.5) is 5.13 Å². The Hall–Kier alpha value is -1.79. The molecule has 1 N–H and O–H groups in total. The van der Waals surface area contributed by atoms with Crippen LogP contribution >= 0.6 is 46.1 Å². The van der Waals surface area contributed by atoms with Gasteiger partial charge >= 0.3 is 0 Å². The molecular formula is C18H13Cl3N2O2S. The van der Waals surface area contributed by atoms with E-state index < -0.39 is 6.10 Å². The maximum Gasteiger partial charge on any atom is 0.266 e. The predicted octanol–water partition coefficient (Wildman–Crippen LogP) is 6.18. The quantitative estimate of drug-likeness (QED) is 0.529. The molecule has 0 aliphatic rings. The lowest BCUT2D eigenvalue weighted by Crippen LogP contribution is -2.30. The van der Waals surface area contributed by atoms with Gasteiger partial charge in [-0.2, -0.15) is 0 Å². The number of carbonyl (C=O) groups excluding carboxylic acids is 1. The molecule has 0 saturated carbocycles. The number of aromatic nitrogens is 1. The van der Waals surface area contributed by atoms with Crippen LogP contribution < -0.4 is 10.1 Å². The lowest BCUT2D eigenvalue weighted by atomic mass is 10.2.